The first-order chi connectivity index (χ1) is 33.0. The Balaban J connectivity index is 0.000000624. The van der Waals surface area contributed by atoms with E-state index in [-0.39, 0.29) is 24.0 Å². The van der Waals surface area contributed by atoms with Gasteiger partial charge in [0.05, 0.1) is 57.0 Å². The van der Waals surface area contributed by atoms with Crippen molar-refractivity contribution in [3.05, 3.63) is 108 Å². The van der Waals surface area contributed by atoms with E-state index in [0.29, 0.717) is 97.5 Å². The van der Waals surface area contributed by atoms with E-state index < -0.39 is 34.2 Å². The fraction of sp³-hybridized carbons (Fsp3) is 0.566. The molecular weight excluding hydrogens is 901 g/mol. The van der Waals surface area contributed by atoms with Gasteiger partial charge in [0.2, 0.25) is 11.8 Å². The average molecular weight is 981 g/mol. The molecule has 0 fully saturated rings. The Hall–Kier alpha value is -5.00. The van der Waals surface area contributed by atoms with Crippen molar-refractivity contribution in [1.82, 2.24) is 21.3 Å². The van der Waals surface area contributed by atoms with Crippen molar-refractivity contribution in [3.8, 4) is 0 Å². The predicted molar refractivity (Wildman–Crippen MR) is 272 cm³/mol. The molecule has 15 nitrogen and oxygen atoms in total. The minimum absolute atomic E-state index is 0.0285. The Morgan fingerprint density at radius 1 is 0.493 bits per heavy atom. The third kappa shape index (κ3) is 27.1. The zero-order chi connectivity index (χ0) is 50.8. The number of thioether (sulfide) groups is 1. The number of alkyl carbamates (subject to hydrolysis) is 2. The van der Waals surface area contributed by atoms with Gasteiger partial charge in [-0.25, -0.2) is 9.59 Å². The zero-order valence-corrected chi connectivity index (χ0v) is 43.2. The molecule has 3 aromatic rings. The van der Waals surface area contributed by atoms with E-state index >= 15 is 0 Å². The molecule has 0 radical (unpaired) electrons. The Morgan fingerprint density at radius 2 is 0.870 bits per heavy atom. The zero-order valence-electron chi connectivity index (χ0n) is 42.4. The minimum atomic E-state index is -0.781. The summed E-state index contributed by atoms with van der Waals surface area (Å²) in [7, 11) is 0. The van der Waals surface area contributed by atoms with Crippen molar-refractivity contribution in [2.75, 3.05) is 78.2 Å². The first kappa shape index (κ1) is 60.1. The van der Waals surface area contributed by atoms with Gasteiger partial charge in [-0.3, -0.25) is 14.4 Å². The van der Waals surface area contributed by atoms with Gasteiger partial charge in [0, 0.05) is 51.3 Å². The lowest BCUT2D eigenvalue weighted by molar-refractivity contribution is -0.122. The number of hydrogen-bond donors (Lipinski definition) is 4. The van der Waals surface area contributed by atoms with Crippen LogP contribution in [0.1, 0.15) is 111 Å². The van der Waals surface area contributed by atoms with Crippen LogP contribution in [0, 0.1) is 0 Å². The first-order valence-corrected chi connectivity index (χ1v) is 25.1. The SMILES string of the molecule is CCCC(=O)NCCOCCOCCCC(=O)[C@H](CSC(c1ccccc1)(c1ccccc1)c1ccccc1)NC(=O)OC(C)(C)C.CCCC(=O)NCCOCCOCCNC(=O)OC(C)(C)C. The Kier molecular flexibility index (Phi) is 29.9. The van der Waals surface area contributed by atoms with E-state index in [2.05, 4.69) is 57.7 Å². The number of amides is 4. The quantitative estimate of drug-likeness (QED) is 0.0357. The summed E-state index contributed by atoms with van der Waals surface area (Å²) in [6, 6.07) is 30.0. The molecule has 0 saturated heterocycles. The van der Waals surface area contributed by atoms with Crippen LogP contribution in [0.3, 0.4) is 0 Å². The van der Waals surface area contributed by atoms with Gasteiger partial charge in [-0.1, -0.05) is 105 Å². The highest BCUT2D eigenvalue weighted by Crippen LogP contribution is 2.48. The van der Waals surface area contributed by atoms with Gasteiger partial charge >= 0.3 is 12.2 Å². The fourth-order valence-corrected chi connectivity index (χ4v) is 8.10. The number of nitrogens with one attached hydrogen (secondary N) is 4. The molecule has 0 aliphatic rings. The fourth-order valence-electron chi connectivity index (χ4n) is 6.50. The van der Waals surface area contributed by atoms with Crippen molar-refractivity contribution < 1.29 is 52.4 Å². The van der Waals surface area contributed by atoms with Crippen molar-refractivity contribution in [2.45, 2.75) is 116 Å². The lowest BCUT2D eigenvalue weighted by atomic mass is 9.84. The summed E-state index contributed by atoms with van der Waals surface area (Å²) >= 11 is 1.62. The maximum Gasteiger partial charge on any atom is 0.408 e. The summed E-state index contributed by atoms with van der Waals surface area (Å²) < 4.78 is 31.8. The molecule has 0 unspecified atom stereocenters. The van der Waals surface area contributed by atoms with Crippen molar-refractivity contribution in [2.24, 2.45) is 0 Å². The lowest BCUT2D eigenvalue weighted by Gasteiger charge is -2.36. The number of rotatable bonds is 31. The summed E-state index contributed by atoms with van der Waals surface area (Å²) in [4.78, 5) is 60.6. The van der Waals surface area contributed by atoms with E-state index in [9.17, 15) is 24.0 Å². The van der Waals surface area contributed by atoms with Crippen molar-refractivity contribution >= 4 is 41.5 Å². The molecule has 69 heavy (non-hydrogen) atoms. The van der Waals surface area contributed by atoms with Gasteiger partial charge in [-0.15, -0.1) is 11.8 Å². The molecule has 0 aromatic heterocycles. The molecule has 0 spiro atoms. The first-order valence-electron chi connectivity index (χ1n) is 24.1. The maximum atomic E-state index is 13.7. The number of ether oxygens (including phenoxy) is 6. The third-order valence-electron chi connectivity index (χ3n) is 9.55. The van der Waals surface area contributed by atoms with Gasteiger partial charge in [-0.2, -0.15) is 0 Å². The van der Waals surface area contributed by atoms with Gasteiger partial charge < -0.3 is 49.7 Å². The average Bonchev–Trinajstić information content (AvgIpc) is 3.30. The van der Waals surface area contributed by atoms with Gasteiger partial charge in [0.15, 0.2) is 5.78 Å². The molecule has 0 heterocycles. The molecule has 1 atom stereocenters. The van der Waals surface area contributed by atoms with Crippen LogP contribution in [0.15, 0.2) is 91.0 Å². The normalized spacial score (nSPS) is 11.9. The second-order valence-electron chi connectivity index (χ2n) is 17.9. The molecule has 384 valence electrons. The predicted octanol–water partition coefficient (Wildman–Crippen LogP) is 8.36. The standard InChI is InChI=1S/C38H50N2O6S.C15H30N2O5/c1-5-16-35(42)39-24-26-45-28-27-44-25-15-23-34(41)33(40-36(43)46-37(2,3)4)29-47-38(30-17-9-6-10-18-30,31-19-11-7-12-20-31)32-21-13-8-14-22-32;1-5-6-13(18)16-7-9-20-11-12-21-10-8-17-14(19)22-15(2,3)4/h6-14,17-22,33H,5,15-16,23-29H2,1-4H3,(H,39,42)(H,40,43);5-12H2,1-4H3,(H,16,18)(H,17,19)/t33-;/m0./s1. The van der Waals surface area contributed by atoms with Crippen LogP contribution in [0.4, 0.5) is 9.59 Å². The monoisotopic (exact) mass is 981 g/mol. The minimum Gasteiger partial charge on any atom is -0.444 e. The smallest absolute Gasteiger partial charge is 0.408 e. The Labute approximate surface area is 415 Å². The summed E-state index contributed by atoms with van der Waals surface area (Å²) in [5.41, 5.74) is 2.02. The number of carbonyl (C=O) groups is 5. The molecule has 0 aliphatic carbocycles. The Morgan fingerprint density at radius 3 is 1.26 bits per heavy atom. The number of benzene rings is 3. The third-order valence-corrected chi connectivity index (χ3v) is 11.2. The summed E-state index contributed by atoms with van der Waals surface area (Å²) in [6.45, 7) is 19.5. The second kappa shape index (κ2) is 34.3. The van der Waals surface area contributed by atoms with E-state index in [4.69, 9.17) is 28.4 Å². The summed E-state index contributed by atoms with van der Waals surface area (Å²) in [5, 5.41) is 11.0. The molecular formula is C53H80N4O11S. The van der Waals surface area contributed by atoms with Crippen molar-refractivity contribution in [3.63, 3.8) is 0 Å². The molecule has 3 aromatic carbocycles. The highest BCUT2D eigenvalue weighted by atomic mass is 32.2. The molecule has 16 heteroatoms. The van der Waals surface area contributed by atoms with Crippen LogP contribution in [0.2, 0.25) is 0 Å². The summed E-state index contributed by atoms with van der Waals surface area (Å²) in [5.74, 6) is 0.311. The summed E-state index contributed by atoms with van der Waals surface area (Å²) in [6.07, 6.45) is 2.39. The van der Waals surface area contributed by atoms with Crippen LogP contribution < -0.4 is 21.3 Å². The van der Waals surface area contributed by atoms with Crippen molar-refractivity contribution in [1.29, 1.82) is 0 Å². The van der Waals surface area contributed by atoms with Gasteiger partial charge in [0.25, 0.3) is 0 Å². The van der Waals surface area contributed by atoms with Crippen LogP contribution in [0.5, 0.6) is 0 Å². The highest BCUT2D eigenvalue weighted by Gasteiger charge is 2.38. The largest absolute Gasteiger partial charge is 0.444 e. The van der Waals surface area contributed by atoms with Gasteiger partial charge in [-0.05, 0) is 77.5 Å². The molecule has 4 N–H and O–H groups in total. The van der Waals surface area contributed by atoms with Crippen LogP contribution in [-0.4, -0.2) is 125 Å². The molecule has 0 aliphatic heterocycles. The topological polar surface area (TPSA) is 189 Å². The van der Waals surface area contributed by atoms with Crippen LogP contribution in [0.25, 0.3) is 0 Å². The van der Waals surface area contributed by atoms with Crippen LogP contribution in [-0.2, 0) is 47.6 Å². The molecule has 0 saturated carbocycles. The van der Waals surface area contributed by atoms with E-state index in [1.807, 2.05) is 89.2 Å². The lowest BCUT2D eigenvalue weighted by Crippen LogP contribution is -2.46. The molecule has 0 bridgehead atoms. The number of carbonyl (C=O) groups excluding carboxylic acids is 5. The second-order valence-corrected chi connectivity index (χ2v) is 19.2. The number of ketones is 1. The van der Waals surface area contributed by atoms with Crippen LogP contribution >= 0.6 is 11.8 Å². The van der Waals surface area contributed by atoms with E-state index in [1.54, 1.807) is 32.5 Å². The van der Waals surface area contributed by atoms with E-state index in [0.717, 1.165) is 29.5 Å². The molecule has 4 amide bonds. The molecule has 3 rings (SSSR count). The Bertz CT molecular complexity index is 1780. The maximum absolute atomic E-state index is 13.7. The number of hydrogen-bond acceptors (Lipinski definition) is 12. The highest BCUT2D eigenvalue weighted by molar-refractivity contribution is 8.00. The van der Waals surface area contributed by atoms with Gasteiger partial charge in [0.1, 0.15) is 11.2 Å². The number of Topliss-reactive ketones (excluding diaryl/α,β-unsaturated/α-hetero) is 1. The van der Waals surface area contributed by atoms with E-state index in [1.165, 1.54) is 0 Å².